The summed E-state index contributed by atoms with van der Waals surface area (Å²) in [5.74, 6) is 2.39. The van der Waals surface area contributed by atoms with E-state index >= 15 is 0 Å². The van der Waals surface area contributed by atoms with E-state index in [1.807, 2.05) is 0 Å². The van der Waals surface area contributed by atoms with E-state index in [9.17, 15) is 19.2 Å². The van der Waals surface area contributed by atoms with Crippen LogP contribution in [0.2, 0.25) is 0 Å². The number of hydrogen-bond donors (Lipinski definition) is 2. The lowest BCUT2D eigenvalue weighted by atomic mass is 9.41. The van der Waals surface area contributed by atoms with E-state index in [0.717, 1.165) is 57.6 Å². The number of phosphoric acid groups is 1. The minimum Gasteiger partial charge on any atom is -0.393 e. The molecule has 5 aliphatic rings. The third-order valence-electron chi connectivity index (χ3n) is 13.0. The minimum absolute atomic E-state index is 0.156. The first kappa shape index (κ1) is 31.1. The summed E-state index contributed by atoms with van der Waals surface area (Å²) in [6.07, 6.45) is 11.0. The SMILES string of the molecule is CC[C@@H]1C2C[C@H](O)CC[C@]2(C)C2CC[C@@]3(C)C(CC[C@@H]3[C@H](C)CCO[P@@]3(=O)OCC[C@H](c4ccncc4F)O3)C2[C@@H]1O. The number of nitrogens with zero attached hydrogens (tertiary/aromatic N) is 1. The first-order valence-electron chi connectivity index (χ1n) is 16.5. The molecule has 2 heterocycles. The molecule has 1 saturated heterocycles. The summed E-state index contributed by atoms with van der Waals surface area (Å²) >= 11 is 0. The molecule has 5 fully saturated rings. The zero-order valence-electron chi connectivity index (χ0n) is 25.8. The molecule has 1 aliphatic heterocycles. The van der Waals surface area contributed by atoms with Crippen LogP contribution in [-0.4, -0.2) is 40.6 Å². The van der Waals surface area contributed by atoms with Crippen LogP contribution >= 0.6 is 7.82 Å². The monoisotopic (exact) mass is 607 g/mol. The van der Waals surface area contributed by atoms with Crippen molar-refractivity contribution in [2.24, 2.45) is 52.3 Å². The number of halogens is 1. The lowest BCUT2D eigenvalue weighted by Gasteiger charge is -2.64. The fourth-order valence-electron chi connectivity index (χ4n) is 10.9. The minimum atomic E-state index is -3.79. The van der Waals surface area contributed by atoms with Gasteiger partial charge in [0.2, 0.25) is 0 Å². The number of aromatic nitrogens is 1. The molecule has 0 bridgehead atoms. The number of rotatable bonds is 7. The van der Waals surface area contributed by atoms with Crippen LogP contribution in [0.1, 0.15) is 104 Å². The van der Waals surface area contributed by atoms with E-state index in [1.54, 1.807) is 6.07 Å². The van der Waals surface area contributed by atoms with Crippen LogP contribution in [0, 0.1) is 58.1 Å². The molecule has 6 rings (SSSR count). The topological polar surface area (TPSA) is 98.1 Å². The highest BCUT2D eigenvalue weighted by Crippen LogP contribution is 2.69. The second-order valence-electron chi connectivity index (χ2n) is 14.8. The largest absolute Gasteiger partial charge is 0.475 e. The van der Waals surface area contributed by atoms with Gasteiger partial charge in [-0.05, 0) is 110 Å². The average Bonchev–Trinajstić information content (AvgIpc) is 3.31. The van der Waals surface area contributed by atoms with Crippen molar-refractivity contribution in [3.63, 3.8) is 0 Å². The van der Waals surface area contributed by atoms with Crippen molar-refractivity contribution in [3.05, 3.63) is 29.8 Å². The summed E-state index contributed by atoms with van der Waals surface area (Å²) in [7, 11) is -3.79. The Bertz CT molecular complexity index is 1170. The second kappa shape index (κ2) is 11.8. The van der Waals surface area contributed by atoms with Crippen molar-refractivity contribution in [1.29, 1.82) is 0 Å². The summed E-state index contributed by atoms with van der Waals surface area (Å²) in [6, 6.07) is 1.55. The maximum Gasteiger partial charge on any atom is 0.475 e. The molecule has 0 amide bonds. The molecular weight excluding hydrogens is 556 g/mol. The molecule has 4 saturated carbocycles. The Morgan fingerprint density at radius 3 is 2.64 bits per heavy atom. The van der Waals surface area contributed by atoms with Crippen LogP contribution in [-0.2, 0) is 18.1 Å². The molecule has 42 heavy (non-hydrogen) atoms. The zero-order chi connectivity index (χ0) is 29.9. The van der Waals surface area contributed by atoms with E-state index in [4.69, 9.17) is 13.6 Å². The Morgan fingerprint density at radius 2 is 1.88 bits per heavy atom. The van der Waals surface area contributed by atoms with Gasteiger partial charge in [0.15, 0.2) is 0 Å². The number of phosphoric ester groups is 1. The molecule has 9 heteroatoms. The maximum absolute atomic E-state index is 14.3. The van der Waals surface area contributed by atoms with Crippen LogP contribution < -0.4 is 0 Å². The number of hydrogen-bond acceptors (Lipinski definition) is 7. The predicted octanol–water partition coefficient (Wildman–Crippen LogP) is 7.48. The van der Waals surface area contributed by atoms with Crippen LogP contribution in [0.15, 0.2) is 18.5 Å². The van der Waals surface area contributed by atoms with Crippen molar-refractivity contribution in [2.75, 3.05) is 13.2 Å². The second-order valence-corrected chi connectivity index (χ2v) is 16.4. The Kier molecular flexibility index (Phi) is 8.74. The maximum atomic E-state index is 14.3. The van der Waals surface area contributed by atoms with E-state index < -0.39 is 19.7 Å². The summed E-state index contributed by atoms with van der Waals surface area (Å²) in [6.45, 7) is 9.90. The van der Waals surface area contributed by atoms with Gasteiger partial charge in [0.1, 0.15) is 5.82 Å². The predicted molar refractivity (Wildman–Crippen MR) is 158 cm³/mol. The highest BCUT2D eigenvalue weighted by Gasteiger charge is 2.64. The lowest BCUT2D eigenvalue weighted by molar-refractivity contribution is -0.203. The third kappa shape index (κ3) is 5.24. The van der Waals surface area contributed by atoms with Crippen LogP contribution in [0.3, 0.4) is 0 Å². The van der Waals surface area contributed by atoms with Gasteiger partial charge < -0.3 is 10.2 Å². The molecule has 1 aromatic rings. The van der Waals surface area contributed by atoms with Gasteiger partial charge in [-0.3, -0.25) is 18.6 Å². The van der Waals surface area contributed by atoms with Crippen molar-refractivity contribution in [1.82, 2.24) is 4.98 Å². The van der Waals surface area contributed by atoms with Gasteiger partial charge >= 0.3 is 7.82 Å². The van der Waals surface area contributed by atoms with Gasteiger partial charge in [-0.2, -0.15) is 0 Å². The molecule has 1 aromatic heterocycles. The smallest absolute Gasteiger partial charge is 0.393 e. The van der Waals surface area contributed by atoms with Crippen molar-refractivity contribution in [2.45, 2.75) is 110 Å². The standard InChI is InChI=1S/C33H51FNO6P/c1-5-22-27-18-21(36)8-13-33(27,4)26-9-14-32(3)24(6-7-25(32)30(26)31(22)37)20(2)11-16-39-42(38)40-17-12-29(41-42)23-10-15-35-19-28(23)34/h10,15,19-22,24-27,29-31,36-37H,5-9,11-14,16-18H2,1-4H3/t20-,21-,22-,24-,25?,26?,27?,29-,30?,31-,32-,33-,42+/m1/s1. The highest BCUT2D eigenvalue weighted by atomic mass is 31.2. The van der Waals surface area contributed by atoms with Gasteiger partial charge in [-0.1, -0.05) is 34.1 Å². The van der Waals surface area contributed by atoms with E-state index in [0.29, 0.717) is 47.5 Å². The highest BCUT2D eigenvalue weighted by molar-refractivity contribution is 7.48. The summed E-state index contributed by atoms with van der Waals surface area (Å²) in [5, 5.41) is 22.5. The molecule has 13 atom stereocenters. The van der Waals surface area contributed by atoms with Gasteiger partial charge in [0.25, 0.3) is 0 Å². The number of aliphatic hydroxyl groups is 2. The van der Waals surface area contributed by atoms with E-state index in [2.05, 4.69) is 32.7 Å². The van der Waals surface area contributed by atoms with Gasteiger partial charge in [-0.25, -0.2) is 8.96 Å². The molecule has 2 N–H and O–H groups in total. The number of aliphatic hydroxyl groups excluding tert-OH is 2. The Morgan fingerprint density at radius 1 is 1.12 bits per heavy atom. The van der Waals surface area contributed by atoms with Crippen LogP contribution in [0.4, 0.5) is 4.39 Å². The molecule has 0 radical (unpaired) electrons. The lowest BCUT2D eigenvalue weighted by Crippen LogP contribution is -2.62. The van der Waals surface area contributed by atoms with Gasteiger partial charge in [-0.15, -0.1) is 0 Å². The van der Waals surface area contributed by atoms with E-state index in [1.165, 1.54) is 12.6 Å². The summed E-state index contributed by atoms with van der Waals surface area (Å²) < 4.78 is 44.5. The van der Waals surface area contributed by atoms with Crippen LogP contribution in [0.5, 0.6) is 0 Å². The Labute approximate surface area is 250 Å². The third-order valence-corrected chi connectivity index (χ3v) is 14.5. The number of pyridine rings is 1. The fraction of sp³-hybridized carbons (Fsp3) is 0.848. The first-order chi connectivity index (χ1) is 20.0. The Hall–Kier alpha value is -0.890. The zero-order valence-corrected chi connectivity index (χ0v) is 26.7. The quantitative estimate of drug-likeness (QED) is 0.310. The first-order valence-corrected chi connectivity index (χ1v) is 18.0. The molecular formula is C33H51FNO6P. The fourth-order valence-corrected chi connectivity index (χ4v) is 12.3. The molecule has 0 spiro atoms. The molecule has 0 aromatic carbocycles. The molecule has 236 valence electrons. The summed E-state index contributed by atoms with van der Waals surface area (Å²) in [4.78, 5) is 3.79. The molecule has 4 unspecified atom stereocenters. The average molecular weight is 608 g/mol. The van der Waals surface area contributed by atoms with Crippen molar-refractivity contribution in [3.8, 4) is 0 Å². The van der Waals surface area contributed by atoms with E-state index in [-0.39, 0.29) is 42.2 Å². The van der Waals surface area contributed by atoms with Gasteiger partial charge in [0, 0.05) is 18.2 Å². The van der Waals surface area contributed by atoms with Crippen molar-refractivity contribution >= 4 is 7.82 Å². The molecule has 7 nitrogen and oxygen atoms in total. The molecule has 4 aliphatic carbocycles. The van der Waals surface area contributed by atoms with Gasteiger partial charge in [0.05, 0.1) is 37.7 Å². The summed E-state index contributed by atoms with van der Waals surface area (Å²) in [5.41, 5.74) is 0.681. The number of fused-ring (bicyclic) bond motifs is 5. The Balaban J connectivity index is 1.11. The van der Waals surface area contributed by atoms with Crippen molar-refractivity contribution < 1.29 is 32.7 Å². The normalized spacial score (nSPS) is 47.7. The van der Waals surface area contributed by atoms with Crippen LogP contribution in [0.25, 0.3) is 0 Å².